The van der Waals surface area contributed by atoms with Crippen molar-refractivity contribution >= 4 is 0 Å². The van der Waals surface area contributed by atoms with E-state index in [2.05, 4.69) is 29.6 Å². The largest absolute Gasteiger partial charge is 0.381 e. The summed E-state index contributed by atoms with van der Waals surface area (Å²) in [5.74, 6) is 0. The molecule has 0 unspecified atom stereocenters. The first-order chi connectivity index (χ1) is 9.92. The quantitative estimate of drug-likeness (QED) is 0.830. The second kappa shape index (κ2) is 7.21. The van der Waals surface area contributed by atoms with Crippen molar-refractivity contribution in [2.75, 3.05) is 19.8 Å². The molecule has 1 aromatic rings. The molecule has 3 heteroatoms. The Labute approximate surface area is 121 Å². The van der Waals surface area contributed by atoms with E-state index in [1.54, 1.807) is 0 Å². The van der Waals surface area contributed by atoms with E-state index in [4.69, 9.17) is 9.47 Å². The predicted octanol–water partition coefficient (Wildman–Crippen LogP) is 2.68. The molecule has 1 aliphatic heterocycles. The Morgan fingerprint density at radius 3 is 2.55 bits per heavy atom. The molecule has 0 amide bonds. The van der Waals surface area contributed by atoms with E-state index in [1.165, 1.54) is 24.0 Å². The number of rotatable bonds is 7. The second-order valence-corrected chi connectivity index (χ2v) is 5.87. The van der Waals surface area contributed by atoms with Gasteiger partial charge >= 0.3 is 0 Å². The molecule has 1 aliphatic carbocycles. The third kappa shape index (κ3) is 4.30. The van der Waals surface area contributed by atoms with E-state index in [1.807, 2.05) is 0 Å². The Morgan fingerprint density at radius 2 is 1.80 bits per heavy atom. The van der Waals surface area contributed by atoms with Crippen molar-refractivity contribution in [2.45, 2.75) is 50.9 Å². The summed E-state index contributed by atoms with van der Waals surface area (Å²) in [5, 5.41) is 3.58. The minimum Gasteiger partial charge on any atom is -0.381 e. The van der Waals surface area contributed by atoms with Crippen molar-refractivity contribution in [1.29, 1.82) is 0 Å². The third-order valence-corrected chi connectivity index (χ3v) is 4.17. The minimum absolute atomic E-state index is 0.376. The van der Waals surface area contributed by atoms with E-state index < -0.39 is 0 Å². The van der Waals surface area contributed by atoms with E-state index in [9.17, 15) is 0 Å². The zero-order valence-corrected chi connectivity index (χ0v) is 12.1. The molecule has 0 bridgehead atoms. The molecule has 1 saturated heterocycles. The van der Waals surface area contributed by atoms with Crippen LogP contribution in [-0.4, -0.2) is 31.9 Å². The van der Waals surface area contributed by atoms with Gasteiger partial charge < -0.3 is 14.8 Å². The molecule has 3 nitrogen and oxygen atoms in total. The summed E-state index contributed by atoms with van der Waals surface area (Å²) < 4.78 is 11.4. The van der Waals surface area contributed by atoms with Crippen LogP contribution in [0.5, 0.6) is 0 Å². The first-order valence-electron chi connectivity index (χ1n) is 7.91. The summed E-state index contributed by atoms with van der Waals surface area (Å²) in [5.41, 5.74) is 2.77. The average Bonchev–Trinajstić information content (AvgIpc) is 3.32. The highest BCUT2D eigenvalue weighted by Gasteiger charge is 2.20. The standard InChI is InChI=1S/C17H25NO2/c1-2-4-15(13-20-17-8-11-19-12-9-17)14(3-1)7-10-18-16-5-6-16/h1-4,16-18H,5-13H2. The molecular formula is C17H25NO2. The normalized spacial score (nSPS) is 20.2. The zero-order chi connectivity index (χ0) is 13.6. The molecule has 3 rings (SSSR count). The lowest BCUT2D eigenvalue weighted by molar-refractivity contribution is -0.0392. The Kier molecular flexibility index (Phi) is 5.06. The van der Waals surface area contributed by atoms with E-state index >= 15 is 0 Å². The van der Waals surface area contributed by atoms with Crippen LogP contribution < -0.4 is 5.32 Å². The molecule has 110 valence electrons. The zero-order valence-electron chi connectivity index (χ0n) is 12.1. The predicted molar refractivity (Wildman–Crippen MR) is 79.8 cm³/mol. The van der Waals surface area contributed by atoms with Crippen molar-refractivity contribution in [2.24, 2.45) is 0 Å². The van der Waals surface area contributed by atoms with Gasteiger partial charge in [0.15, 0.2) is 0 Å². The van der Waals surface area contributed by atoms with Crippen LogP contribution in [0.2, 0.25) is 0 Å². The highest BCUT2D eigenvalue weighted by Crippen LogP contribution is 2.19. The van der Waals surface area contributed by atoms with Crippen molar-refractivity contribution in [3.63, 3.8) is 0 Å². The van der Waals surface area contributed by atoms with Crippen LogP contribution in [0.4, 0.5) is 0 Å². The van der Waals surface area contributed by atoms with Gasteiger partial charge in [0.2, 0.25) is 0 Å². The van der Waals surface area contributed by atoms with Crippen LogP contribution >= 0.6 is 0 Å². The maximum atomic E-state index is 6.05. The molecule has 0 radical (unpaired) electrons. The summed E-state index contributed by atoms with van der Waals surface area (Å²) in [6.45, 7) is 3.51. The average molecular weight is 275 g/mol. The van der Waals surface area contributed by atoms with Crippen molar-refractivity contribution in [3.05, 3.63) is 35.4 Å². The molecule has 0 spiro atoms. The molecule has 0 aromatic heterocycles. The topological polar surface area (TPSA) is 30.5 Å². The Hall–Kier alpha value is -0.900. The smallest absolute Gasteiger partial charge is 0.0723 e. The molecule has 1 aromatic carbocycles. The summed E-state index contributed by atoms with van der Waals surface area (Å²) in [6.07, 6.45) is 6.25. The molecule has 20 heavy (non-hydrogen) atoms. The fourth-order valence-corrected chi connectivity index (χ4v) is 2.69. The summed E-state index contributed by atoms with van der Waals surface area (Å²) in [4.78, 5) is 0. The van der Waals surface area contributed by atoms with E-state index in [-0.39, 0.29) is 0 Å². The van der Waals surface area contributed by atoms with E-state index in [0.29, 0.717) is 6.10 Å². The monoisotopic (exact) mass is 275 g/mol. The highest BCUT2D eigenvalue weighted by atomic mass is 16.5. The lowest BCUT2D eigenvalue weighted by Gasteiger charge is -2.23. The van der Waals surface area contributed by atoms with E-state index in [0.717, 1.165) is 51.7 Å². The van der Waals surface area contributed by atoms with Gasteiger partial charge in [0.1, 0.15) is 0 Å². The van der Waals surface area contributed by atoms with Crippen LogP contribution in [0.1, 0.15) is 36.8 Å². The lowest BCUT2D eigenvalue weighted by Crippen LogP contribution is -2.23. The van der Waals surface area contributed by atoms with Gasteiger partial charge in [0, 0.05) is 19.3 Å². The second-order valence-electron chi connectivity index (χ2n) is 5.87. The molecule has 2 fully saturated rings. The van der Waals surface area contributed by atoms with Gasteiger partial charge in [-0.15, -0.1) is 0 Å². The molecule has 0 atom stereocenters. The number of benzene rings is 1. The van der Waals surface area contributed by atoms with Gasteiger partial charge in [-0.25, -0.2) is 0 Å². The van der Waals surface area contributed by atoms with Crippen LogP contribution in [0.3, 0.4) is 0 Å². The van der Waals surface area contributed by atoms with Crippen molar-refractivity contribution < 1.29 is 9.47 Å². The van der Waals surface area contributed by atoms with Gasteiger partial charge in [0.05, 0.1) is 12.7 Å². The number of ether oxygens (including phenoxy) is 2. The first-order valence-corrected chi connectivity index (χ1v) is 7.91. The van der Waals surface area contributed by atoms with Crippen LogP contribution in [0.15, 0.2) is 24.3 Å². The number of hydrogen-bond donors (Lipinski definition) is 1. The summed E-state index contributed by atoms with van der Waals surface area (Å²) in [7, 11) is 0. The van der Waals surface area contributed by atoms with Gasteiger partial charge in [0.25, 0.3) is 0 Å². The van der Waals surface area contributed by atoms with Gasteiger partial charge in [-0.05, 0) is 49.8 Å². The maximum absolute atomic E-state index is 6.05. The van der Waals surface area contributed by atoms with Crippen LogP contribution in [0, 0.1) is 0 Å². The fourth-order valence-electron chi connectivity index (χ4n) is 2.69. The van der Waals surface area contributed by atoms with Crippen molar-refractivity contribution in [1.82, 2.24) is 5.32 Å². The molecule has 1 saturated carbocycles. The van der Waals surface area contributed by atoms with Gasteiger partial charge in [-0.3, -0.25) is 0 Å². The van der Waals surface area contributed by atoms with Gasteiger partial charge in [-0.2, -0.15) is 0 Å². The fraction of sp³-hybridized carbons (Fsp3) is 0.647. The number of nitrogens with one attached hydrogen (secondary N) is 1. The molecule has 2 aliphatic rings. The van der Waals surface area contributed by atoms with Crippen LogP contribution in [0.25, 0.3) is 0 Å². The molecular weight excluding hydrogens is 250 g/mol. The molecule has 1 N–H and O–H groups in total. The minimum atomic E-state index is 0.376. The summed E-state index contributed by atoms with van der Waals surface area (Å²) in [6, 6.07) is 9.47. The Bertz CT molecular complexity index is 411. The highest BCUT2D eigenvalue weighted by molar-refractivity contribution is 5.26. The molecule has 1 heterocycles. The van der Waals surface area contributed by atoms with Gasteiger partial charge in [-0.1, -0.05) is 24.3 Å². The van der Waals surface area contributed by atoms with Crippen LogP contribution in [-0.2, 0) is 22.5 Å². The Balaban J connectivity index is 1.48. The third-order valence-electron chi connectivity index (χ3n) is 4.17. The lowest BCUT2D eigenvalue weighted by atomic mass is 10.0. The summed E-state index contributed by atoms with van der Waals surface area (Å²) >= 11 is 0. The first kappa shape index (κ1) is 14.1. The SMILES string of the molecule is c1ccc(COC2CCOCC2)c(CCNC2CC2)c1. The number of hydrogen-bond acceptors (Lipinski definition) is 3. The van der Waals surface area contributed by atoms with Crippen molar-refractivity contribution in [3.8, 4) is 0 Å². The Morgan fingerprint density at radius 1 is 1.05 bits per heavy atom. The maximum Gasteiger partial charge on any atom is 0.0723 e.